The molecule has 1 unspecified atom stereocenters. The number of ether oxygens (including phenoxy) is 1. The number of aliphatic carboxylic acids is 1. The van der Waals surface area contributed by atoms with Crippen LogP contribution in [0.1, 0.15) is 27.2 Å². The molecule has 0 radical (unpaired) electrons. The molecule has 17 heavy (non-hydrogen) atoms. The smallest absolute Gasteiger partial charge is 0.332 e. The predicted octanol–water partition coefficient (Wildman–Crippen LogP) is 0.670. The number of carboxylic acid groups (broad SMARTS) is 1. The summed E-state index contributed by atoms with van der Waals surface area (Å²) in [6.07, 6.45) is 0.309. The standard InChI is InChI=1S/C11H20N2O4/c1-4-13(8(2)3)10(16)12-11(9(14)15)5-6-17-7-11/h8H,4-7H2,1-3H3,(H,12,16)(H,14,15). The summed E-state index contributed by atoms with van der Waals surface area (Å²) >= 11 is 0. The average molecular weight is 244 g/mol. The number of nitrogens with zero attached hydrogens (tertiary/aromatic N) is 1. The summed E-state index contributed by atoms with van der Waals surface area (Å²) in [5.41, 5.74) is -1.26. The summed E-state index contributed by atoms with van der Waals surface area (Å²) in [6, 6.07) is -0.316. The summed E-state index contributed by atoms with van der Waals surface area (Å²) in [5, 5.41) is 11.8. The van der Waals surface area contributed by atoms with Crippen molar-refractivity contribution in [3.05, 3.63) is 0 Å². The number of hydrogen-bond acceptors (Lipinski definition) is 3. The van der Waals surface area contributed by atoms with Gasteiger partial charge in [-0.2, -0.15) is 0 Å². The minimum absolute atomic E-state index is 0.0315. The number of nitrogens with one attached hydrogen (secondary N) is 1. The zero-order valence-corrected chi connectivity index (χ0v) is 10.5. The van der Waals surface area contributed by atoms with Gasteiger partial charge in [0.15, 0.2) is 5.54 Å². The number of hydrogen-bond donors (Lipinski definition) is 2. The van der Waals surface area contributed by atoms with Crippen molar-refractivity contribution in [3.8, 4) is 0 Å². The Bertz CT molecular complexity index is 298. The molecule has 1 heterocycles. The molecule has 0 spiro atoms. The SMILES string of the molecule is CCN(C(=O)NC1(C(=O)O)CCOC1)C(C)C. The maximum atomic E-state index is 12.0. The van der Waals surface area contributed by atoms with E-state index in [0.29, 0.717) is 19.6 Å². The van der Waals surface area contributed by atoms with Gasteiger partial charge in [0, 0.05) is 25.6 Å². The first-order valence-electron chi connectivity index (χ1n) is 5.83. The molecular weight excluding hydrogens is 224 g/mol. The zero-order valence-electron chi connectivity index (χ0n) is 10.5. The third-order valence-corrected chi connectivity index (χ3v) is 3.00. The van der Waals surface area contributed by atoms with Crippen LogP contribution in [0.15, 0.2) is 0 Å². The van der Waals surface area contributed by atoms with Crippen molar-refractivity contribution in [1.82, 2.24) is 10.2 Å². The number of rotatable bonds is 4. The van der Waals surface area contributed by atoms with Crippen LogP contribution in [0.2, 0.25) is 0 Å². The van der Waals surface area contributed by atoms with Gasteiger partial charge < -0.3 is 20.1 Å². The van der Waals surface area contributed by atoms with Crippen molar-refractivity contribution in [1.29, 1.82) is 0 Å². The monoisotopic (exact) mass is 244 g/mol. The maximum Gasteiger partial charge on any atom is 0.332 e. The summed E-state index contributed by atoms with van der Waals surface area (Å²) in [7, 11) is 0. The zero-order chi connectivity index (χ0) is 13.1. The maximum absolute atomic E-state index is 12.0. The lowest BCUT2D eigenvalue weighted by Crippen LogP contribution is -2.59. The summed E-state index contributed by atoms with van der Waals surface area (Å²) in [4.78, 5) is 24.8. The van der Waals surface area contributed by atoms with Gasteiger partial charge in [0.05, 0.1) is 6.61 Å². The van der Waals surface area contributed by atoms with E-state index in [0.717, 1.165) is 0 Å². The second kappa shape index (κ2) is 5.35. The molecule has 6 nitrogen and oxygen atoms in total. The van der Waals surface area contributed by atoms with Crippen LogP contribution >= 0.6 is 0 Å². The molecule has 1 aliphatic rings. The number of carboxylic acids is 1. The lowest BCUT2D eigenvalue weighted by molar-refractivity contribution is -0.144. The largest absolute Gasteiger partial charge is 0.479 e. The fourth-order valence-corrected chi connectivity index (χ4v) is 1.91. The minimum atomic E-state index is -1.26. The molecule has 0 aliphatic carbocycles. The average Bonchev–Trinajstić information content (AvgIpc) is 2.67. The molecule has 1 fully saturated rings. The lowest BCUT2D eigenvalue weighted by atomic mass is 9.99. The number of carbonyl (C=O) groups is 2. The van der Waals surface area contributed by atoms with Gasteiger partial charge in [-0.25, -0.2) is 9.59 Å². The van der Waals surface area contributed by atoms with Crippen molar-refractivity contribution in [2.45, 2.75) is 38.8 Å². The van der Waals surface area contributed by atoms with Crippen LogP contribution in [0.25, 0.3) is 0 Å². The van der Waals surface area contributed by atoms with Crippen LogP contribution in [0.4, 0.5) is 4.79 Å². The van der Waals surface area contributed by atoms with Gasteiger partial charge in [-0.15, -0.1) is 0 Å². The Kier molecular flexibility index (Phi) is 4.34. The van der Waals surface area contributed by atoms with E-state index in [-0.39, 0.29) is 18.7 Å². The highest BCUT2D eigenvalue weighted by molar-refractivity contribution is 5.86. The van der Waals surface area contributed by atoms with Crippen molar-refractivity contribution in [2.24, 2.45) is 0 Å². The molecule has 1 saturated heterocycles. The Labute approximate surface area is 101 Å². The molecule has 1 aliphatic heterocycles. The highest BCUT2D eigenvalue weighted by atomic mass is 16.5. The van der Waals surface area contributed by atoms with Gasteiger partial charge in [0.1, 0.15) is 0 Å². The van der Waals surface area contributed by atoms with Gasteiger partial charge in [-0.05, 0) is 20.8 Å². The van der Waals surface area contributed by atoms with Crippen molar-refractivity contribution in [3.63, 3.8) is 0 Å². The molecule has 0 bridgehead atoms. The number of carbonyl (C=O) groups excluding carboxylic acids is 1. The summed E-state index contributed by atoms with van der Waals surface area (Å²) in [6.45, 7) is 6.58. The van der Waals surface area contributed by atoms with E-state index in [1.165, 1.54) is 0 Å². The van der Waals surface area contributed by atoms with Crippen LogP contribution in [0.3, 0.4) is 0 Å². The molecule has 0 aromatic heterocycles. The Balaban J connectivity index is 2.74. The van der Waals surface area contributed by atoms with Crippen LogP contribution in [0.5, 0.6) is 0 Å². The molecule has 0 aromatic carbocycles. The quantitative estimate of drug-likeness (QED) is 0.762. The van der Waals surface area contributed by atoms with E-state index < -0.39 is 11.5 Å². The second-order valence-electron chi connectivity index (χ2n) is 4.50. The first kappa shape index (κ1) is 13.8. The van der Waals surface area contributed by atoms with E-state index in [9.17, 15) is 14.7 Å². The van der Waals surface area contributed by atoms with Crippen LogP contribution < -0.4 is 5.32 Å². The van der Waals surface area contributed by atoms with Crippen molar-refractivity contribution < 1.29 is 19.4 Å². The van der Waals surface area contributed by atoms with Gasteiger partial charge >= 0.3 is 12.0 Å². The Morgan fingerprint density at radius 1 is 1.53 bits per heavy atom. The fourth-order valence-electron chi connectivity index (χ4n) is 1.91. The topological polar surface area (TPSA) is 78.9 Å². The number of urea groups is 1. The predicted molar refractivity (Wildman–Crippen MR) is 61.9 cm³/mol. The van der Waals surface area contributed by atoms with Crippen LogP contribution in [-0.4, -0.2) is 53.3 Å². The molecule has 0 aromatic rings. The van der Waals surface area contributed by atoms with E-state index in [1.807, 2.05) is 20.8 Å². The molecule has 2 N–H and O–H groups in total. The Hall–Kier alpha value is -1.30. The van der Waals surface area contributed by atoms with Crippen molar-refractivity contribution in [2.75, 3.05) is 19.8 Å². The van der Waals surface area contributed by atoms with Gasteiger partial charge in [-0.1, -0.05) is 0 Å². The Morgan fingerprint density at radius 2 is 2.18 bits per heavy atom. The third kappa shape index (κ3) is 2.88. The van der Waals surface area contributed by atoms with Crippen molar-refractivity contribution >= 4 is 12.0 Å². The lowest BCUT2D eigenvalue weighted by Gasteiger charge is -2.31. The van der Waals surface area contributed by atoms with Gasteiger partial charge in [0.25, 0.3) is 0 Å². The Morgan fingerprint density at radius 3 is 2.53 bits per heavy atom. The highest BCUT2D eigenvalue weighted by Crippen LogP contribution is 2.19. The van der Waals surface area contributed by atoms with Gasteiger partial charge in [0.2, 0.25) is 0 Å². The van der Waals surface area contributed by atoms with Gasteiger partial charge in [-0.3, -0.25) is 0 Å². The van der Waals surface area contributed by atoms with Crippen LogP contribution in [0, 0.1) is 0 Å². The molecule has 1 rings (SSSR count). The molecule has 6 heteroatoms. The fraction of sp³-hybridized carbons (Fsp3) is 0.818. The molecule has 98 valence electrons. The van der Waals surface area contributed by atoms with E-state index in [4.69, 9.17) is 4.74 Å². The molecule has 2 amide bonds. The highest BCUT2D eigenvalue weighted by Gasteiger charge is 2.44. The van der Waals surface area contributed by atoms with E-state index >= 15 is 0 Å². The summed E-state index contributed by atoms with van der Waals surface area (Å²) < 4.78 is 5.08. The van der Waals surface area contributed by atoms with E-state index in [2.05, 4.69) is 5.32 Å². The third-order valence-electron chi connectivity index (χ3n) is 3.00. The normalized spacial score (nSPS) is 23.8. The first-order valence-corrected chi connectivity index (χ1v) is 5.83. The second-order valence-corrected chi connectivity index (χ2v) is 4.50. The van der Waals surface area contributed by atoms with Crippen LogP contribution in [-0.2, 0) is 9.53 Å². The molecular formula is C11H20N2O4. The van der Waals surface area contributed by atoms with E-state index in [1.54, 1.807) is 4.90 Å². The molecule has 1 atom stereocenters. The molecule has 0 saturated carbocycles. The number of amides is 2. The minimum Gasteiger partial charge on any atom is -0.479 e. The first-order chi connectivity index (χ1) is 7.93. The summed E-state index contributed by atoms with van der Waals surface area (Å²) in [5.74, 6) is -1.04.